The van der Waals surface area contributed by atoms with Crippen LogP contribution in [0, 0.1) is 11.7 Å². The van der Waals surface area contributed by atoms with Crippen molar-refractivity contribution in [2.24, 2.45) is 5.92 Å². The van der Waals surface area contributed by atoms with E-state index in [1.54, 1.807) is 23.1 Å². The van der Waals surface area contributed by atoms with Crippen LogP contribution >= 0.6 is 28.3 Å². The van der Waals surface area contributed by atoms with E-state index >= 15 is 0 Å². The fraction of sp³-hybridized carbons (Fsp3) is 0.471. The first-order valence-corrected chi connectivity index (χ1v) is 8.37. The number of nitrogens with zero attached hydrogens (tertiary/aromatic N) is 1. The van der Waals surface area contributed by atoms with Crippen molar-refractivity contribution in [2.75, 3.05) is 13.1 Å². The van der Waals surface area contributed by atoms with Gasteiger partial charge in [0, 0.05) is 35.1 Å². The number of hydrogen-bond acceptors (Lipinski definition) is 2. The Kier molecular flexibility index (Phi) is 8.23. The van der Waals surface area contributed by atoms with E-state index in [9.17, 15) is 9.18 Å². The van der Waals surface area contributed by atoms with Crippen LogP contribution in [0.1, 0.15) is 25.3 Å². The fourth-order valence-corrected chi connectivity index (χ4v) is 3.28. The molecule has 1 amide bonds. The van der Waals surface area contributed by atoms with Gasteiger partial charge in [-0.05, 0) is 44.5 Å². The third-order valence-electron chi connectivity index (χ3n) is 4.00. The minimum Gasteiger partial charge on any atom is -0.334 e. The van der Waals surface area contributed by atoms with Crippen LogP contribution in [-0.2, 0) is 11.3 Å². The summed E-state index contributed by atoms with van der Waals surface area (Å²) >= 11 is 3.35. The topological polar surface area (TPSA) is 32.3 Å². The molecule has 23 heavy (non-hydrogen) atoms. The summed E-state index contributed by atoms with van der Waals surface area (Å²) in [7, 11) is 0. The number of hydrogen-bond donors (Lipinski definition) is 1. The van der Waals surface area contributed by atoms with E-state index < -0.39 is 0 Å². The second-order valence-electron chi connectivity index (χ2n) is 5.82. The third-order valence-corrected chi connectivity index (χ3v) is 4.50. The van der Waals surface area contributed by atoms with E-state index in [-0.39, 0.29) is 36.6 Å². The maximum Gasteiger partial charge on any atom is 0.226 e. The van der Waals surface area contributed by atoms with Gasteiger partial charge in [0.1, 0.15) is 5.82 Å². The summed E-state index contributed by atoms with van der Waals surface area (Å²) in [6.07, 6.45) is 3.35. The molecule has 3 nitrogen and oxygen atoms in total. The lowest BCUT2D eigenvalue weighted by molar-refractivity contribution is -0.136. The Hall–Kier alpha value is -0.910. The van der Waals surface area contributed by atoms with Crippen molar-refractivity contribution in [2.45, 2.75) is 32.4 Å². The van der Waals surface area contributed by atoms with Gasteiger partial charge in [0.05, 0.1) is 0 Å². The molecule has 0 radical (unpaired) electrons. The highest BCUT2D eigenvalue weighted by atomic mass is 79.9. The maximum absolute atomic E-state index is 13.9. The second-order valence-corrected chi connectivity index (χ2v) is 6.74. The molecular weight excluding hydrogens is 383 g/mol. The normalized spacial score (nSPS) is 20.5. The highest BCUT2D eigenvalue weighted by molar-refractivity contribution is 9.10. The van der Waals surface area contributed by atoms with E-state index in [4.69, 9.17) is 0 Å². The lowest BCUT2D eigenvalue weighted by Gasteiger charge is -2.32. The first kappa shape index (κ1) is 20.1. The number of carbonyl (C=O) groups excluding carboxylic acids is 1. The van der Waals surface area contributed by atoms with Crippen LogP contribution in [0.4, 0.5) is 4.39 Å². The van der Waals surface area contributed by atoms with Crippen LogP contribution in [-0.4, -0.2) is 29.9 Å². The van der Waals surface area contributed by atoms with E-state index in [0.29, 0.717) is 18.2 Å². The van der Waals surface area contributed by atoms with Crippen molar-refractivity contribution < 1.29 is 9.18 Å². The number of halogens is 3. The van der Waals surface area contributed by atoms with Crippen molar-refractivity contribution in [3.63, 3.8) is 0 Å². The van der Waals surface area contributed by atoms with Crippen LogP contribution in [0.25, 0.3) is 0 Å². The molecule has 1 aliphatic rings. The largest absolute Gasteiger partial charge is 0.334 e. The molecule has 1 aromatic carbocycles. The number of piperidine rings is 1. The van der Waals surface area contributed by atoms with Gasteiger partial charge in [-0.15, -0.1) is 19.0 Å². The number of amides is 1. The predicted molar refractivity (Wildman–Crippen MR) is 97.2 cm³/mol. The quantitative estimate of drug-likeness (QED) is 0.753. The molecule has 128 valence electrons. The molecular formula is C17H23BrClFN2O. The number of benzene rings is 1. The number of carbonyl (C=O) groups is 1. The minimum atomic E-state index is -0.288. The van der Waals surface area contributed by atoms with Gasteiger partial charge in [0.25, 0.3) is 0 Å². The molecule has 0 spiro atoms. The zero-order valence-electron chi connectivity index (χ0n) is 13.2. The predicted octanol–water partition coefficient (Wildman–Crippen LogP) is 3.91. The Labute approximate surface area is 151 Å². The number of nitrogens with one attached hydrogen (secondary N) is 1. The Morgan fingerprint density at radius 3 is 2.96 bits per heavy atom. The van der Waals surface area contributed by atoms with Gasteiger partial charge < -0.3 is 10.2 Å². The standard InChI is InChI=1S/C17H22BrFN2O.ClH/c1-3-8-21(11-14-10-15(18)4-5-16(14)19)17(22)13-6-7-20-12(2)9-13;/h3-5,10,12-13,20H,1,6-9,11H2,2H3;1H/t12-,13-;/m0./s1. The summed E-state index contributed by atoms with van der Waals surface area (Å²) in [5, 5.41) is 3.35. The Morgan fingerprint density at radius 2 is 2.30 bits per heavy atom. The first-order valence-electron chi connectivity index (χ1n) is 7.58. The number of rotatable bonds is 5. The molecule has 1 fully saturated rings. The molecule has 1 saturated heterocycles. The molecule has 1 aromatic rings. The molecule has 0 aliphatic carbocycles. The second kappa shape index (κ2) is 9.40. The molecule has 2 atom stereocenters. The van der Waals surface area contributed by atoms with Crippen LogP contribution in [0.2, 0.25) is 0 Å². The zero-order chi connectivity index (χ0) is 16.1. The molecule has 2 rings (SSSR count). The lowest BCUT2D eigenvalue weighted by atomic mass is 9.92. The first-order chi connectivity index (χ1) is 10.5. The van der Waals surface area contributed by atoms with Crippen molar-refractivity contribution in [3.05, 3.63) is 46.7 Å². The molecule has 0 unspecified atom stereocenters. The van der Waals surface area contributed by atoms with Gasteiger partial charge in [0.2, 0.25) is 5.91 Å². The van der Waals surface area contributed by atoms with Crippen molar-refractivity contribution >= 4 is 34.2 Å². The van der Waals surface area contributed by atoms with E-state index in [0.717, 1.165) is 23.9 Å². The molecule has 1 N–H and O–H groups in total. The van der Waals surface area contributed by atoms with Crippen molar-refractivity contribution in [1.29, 1.82) is 0 Å². The summed E-state index contributed by atoms with van der Waals surface area (Å²) in [5.41, 5.74) is 0.520. The molecule has 0 bridgehead atoms. The third kappa shape index (κ3) is 5.59. The van der Waals surface area contributed by atoms with Gasteiger partial charge in [0.15, 0.2) is 0 Å². The summed E-state index contributed by atoms with van der Waals surface area (Å²) in [5.74, 6) is -0.192. The summed E-state index contributed by atoms with van der Waals surface area (Å²) in [4.78, 5) is 14.4. The lowest BCUT2D eigenvalue weighted by Crippen LogP contribution is -2.44. The smallest absolute Gasteiger partial charge is 0.226 e. The molecule has 0 saturated carbocycles. The highest BCUT2D eigenvalue weighted by Crippen LogP contribution is 2.22. The van der Waals surface area contributed by atoms with Gasteiger partial charge in [-0.1, -0.05) is 22.0 Å². The monoisotopic (exact) mass is 404 g/mol. The Morgan fingerprint density at radius 1 is 1.57 bits per heavy atom. The van der Waals surface area contributed by atoms with Gasteiger partial charge in [-0.25, -0.2) is 4.39 Å². The highest BCUT2D eigenvalue weighted by Gasteiger charge is 2.28. The van der Waals surface area contributed by atoms with Crippen LogP contribution < -0.4 is 5.32 Å². The maximum atomic E-state index is 13.9. The van der Waals surface area contributed by atoms with Gasteiger partial charge in [-0.3, -0.25) is 4.79 Å². The van der Waals surface area contributed by atoms with E-state index in [2.05, 4.69) is 34.7 Å². The van der Waals surface area contributed by atoms with Gasteiger partial charge >= 0.3 is 0 Å². The summed E-state index contributed by atoms with van der Waals surface area (Å²) < 4.78 is 14.8. The van der Waals surface area contributed by atoms with E-state index in [1.165, 1.54) is 6.07 Å². The average molecular weight is 406 g/mol. The summed E-state index contributed by atoms with van der Waals surface area (Å²) in [6, 6.07) is 5.15. The SMILES string of the molecule is C=CCN(Cc1cc(Br)ccc1F)C(=O)[C@H]1CCN[C@@H](C)C1.Cl. The zero-order valence-corrected chi connectivity index (χ0v) is 15.6. The van der Waals surface area contributed by atoms with Crippen LogP contribution in [0.5, 0.6) is 0 Å². The minimum absolute atomic E-state index is 0. The average Bonchev–Trinajstić information content (AvgIpc) is 2.49. The van der Waals surface area contributed by atoms with Gasteiger partial charge in [-0.2, -0.15) is 0 Å². The van der Waals surface area contributed by atoms with Crippen LogP contribution in [0.15, 0.2) is 35.3 Å². The van der Waals surface area contributed by atoms with Crippen molar-refractivity contribution in [3.8, 4) is 0 Å². The van der Waals surface area contributed by atoms with Crippen molar-refractivity contribution in [1.82, 2.24) is 10.2 Å². The summed E-state index contributed by atoms with van der Waals surface area (Å²) in [6.45, 7) is 7.36. The molecule has 0 aromatic heterocycles. The Bertz CT molecular complexity index is 555. The molecule has 6 heteroatoms. The van der Waals surface area contributed by atoms with E-state index in [1.807, 2.05) is 0 Å². The molecule has 1 aliphatic heterocycles. The molecule has 1 heterocycles. The fourth-order valence-electron chi connectivity index (χ4n) is 2.87. The van der Waals surface area contributed by atoms with Crippen LogP contribution in [0.3, 0.4) is 0 Å². The Balaban J connectivity index is 0.00000264.